The highest BCUT2D eigenvalue weighted by Gasteiger charge is 2.25. The molecule has 0 bridgehead atoms. The fourth-order valence-electron chi connectivity index (χ4n) is 1.97. The summed E-state index contributed by atoms with van der Waals surface area (Å²) in [5.74, 6) is -0.0765. The summed E-state index contributed by atoms with van der Waals surface area (Å²) in [4.78, 5) is 18.6. The molecule has 0 aromatic carbocycles. The van der Waals surface area contributed by atoms with Crippen LogP contribution < -0.4 is 5.32 Å². The highest BCUT2D eigenvalue weighted by Crippen LogP contribution is 2.32. The Morgan fingerprint density at radius 3 is 2.94 bits per heavy atom. The van der Waals surface area contributed by atoms with Crippen molar-refractivity contribution in [2.45, 2.75) is 13.8 Å². The summed E-state index contributed by atoms with van der Waals surface area (Å²) < 4.78 is 0. The first-order valence-corrected chi connectivity index (χ1v) is 6.52. The van der Waals surface area contributed by atoms with Crippen LogP contribution in [0.5, 0.6) is 0 Å². The minimum atomic E-state index is -0.0765. The fourth-order valence-corrected chi connectivity index (χ4v) is 2.95. The molecule has 1 aliphatic rings. The predicted octanol–water partition coefficient (Wildman–Crippen LogP) is 3.25. The minimum Gasteiger partial charge on any atom is -0.320 e. The number of fused-ring (bicyclic) bond motifs is 1. The zero-order valence-corrected chi connectivity index (χ0v) is 11.0. The normalized spacial score (nSPS) is 15.9. The van der Waals surface area contributed by atoms with Gasteiger partial charge in [0.1, 0.15) is 0 Å². The van der Waals surface area contributed by atoms with Gasteiger partial charge in [-0.3, -0.25) is 9.78 Å². The van der Waals surface area contributed by atoms with E-state index in [9.17, 15) is 4.79 Å². The molecule has 18 heavy (non-hydrogen) atoms. The maximum atomic E-state index is 11.9. The summed E-state index contributed by atoms with van der Waals surface area (Å²) in [6, 6.07) is 5.79. The molecule has 1 N–H and O–H groups in total. The SMILES string of the molecule is Cc1cc(C=C2C(=O)Nc3cccnc32)sc1C. The number of nitrogens with one attached hydrogen (secondary N) is 1. The zero-order valence-electron chi connectivity index (χ0n) is 10.2. The van der Waals surface area contributed by atoms with Crippen LogP contribution in [0.1, 0.15) is 21.0 Å². The van der Waals surface area contributed by atoms with Gasteiger partial charge in [-0.05, 0) is 43.7 Å². The Hall–Kier alpha value is -1.94. The number of aryl methyl sites for hydroxylation is 2. The van der Waals surface area contributed by atoms with E-state index < -0.39 is 0 Å². The van der Waals surface area contributed by atoms with Crippen LogP contribution in [-0.2, 0) is 4.79 Å². The number of aromatic nitrogens is 1. The summed E-state index contributed by atoms with van der Waals surface area (Å²) in [7, 11) is 0. The van der Waals surface area contributed by atoms with Crippen LogP contribution in [0.15, 0.2) is 24.4 Å². The molecule has 0 saturated carbocycles. The van der Waals surface area contributed by atoms with E-state index in [-0.39, 0.29) is 5.91 Å². The summed E-state index contributed by atoms with van der Waals surface area (Å²) in [6.07, 6.45) is 3.62. The van der Waals surface area contributed by atoms with E-state index in [1.807, 2.05) is 18.2 Å². The lowest BCUT2D eigenvalue weighted by Gasteiger charge is -1.94. The van der Waals surface area contributed by atoms with E-state index >= 15 is 0 Å². The molecule has 3 nitrogen and oxygen atoms in total. The maximum Gasteiger partial charge on any atom is 0.258 e. The van der Waals surface area contributed by atoms with Crippen molar-refractivity contribution in [3.63, 3.8) is 0 Å². The highest BCUT2D eigenvalue weighted by atomic mass is 32.1. The molecular weight excluding hydrogens is 244 g/mol. The van der Waals surface area contributed by atoms with Gasteiger partial charge in [0.2, 0.25) is 0 Å². The number of carbonyl (C=O) groups excluding carboxylic acids is 1. The second-order valence-corrected chi connectivity index (χ2v) is 5.59. The summed E-state index contributed by atoms with van der Waals surface area (Å²) >= 11 is 1.69. The van der Waals surface area contributed by atoms with Gasteiger partial charge in [0.15, 0.2) is 0 Å². The second-order valence-electron chi connectivity index (χ2n) is 4.30. The van der Waals surface area contributed by atoms with Gasteiger partial charge in [-0.2, -0.15) is 0 Å². The highest BCUT2D eigenvalue weighted by molar-refractivity contribution is 7.13. The molecule has 2 aromatic heterocycles. The van der Waals surface area contributed by atoms with E-state index in [2.05, 4.69) is 30.2 Å². The molecule has 0 atom stereocenters. The van der Waals surface area contributed by atoms with E-state index in [1.54, 1.807) is 17.5 Å². The van der Waals surface area contributed by atoms with Crippen LogP contribution in [0, 0.1) is 13.8 Å². The van der Waals surface area contributed by atoms with E-state index in [0.717, 1.165) is 16.3 Å². The average Bonchev–Trinajstić information content (AvgIpc) is 2.82. The number of thiophene rings is 1. The Kier molecular flexibility index (Phi) is 2.52. The van der Waals surface area contributed by atoms with Gasteiger partial charge in [-0.15, -0.1) is 11.3 Å². The molecule has 0 spiro atoms. The molecule has 1 amide bonds. The number of anilines is 1. The van der Waals surface area contributed by atoms with E-state index in [0.29, 0.717) is 5.57 Å². The number of nitrogens with zero attached hydrogens (tertiary/aromatic N) is 1. The first-order chi connectivity index (χ1) is 8.65. The van der Waals surface area contributed by atoms with Gasteiger partial charge in [0, 0.05) is 16.0 Å². The number of rotatable bonds is 1. The number of hydrogen-bond donors (Lipinski definition) is 1. The Balaban J connectivity index is 2.09. The summed E-state index contributed by atoms with van der Waals surface area (Å²) in [6.45, 7) is 4.16. The van der Waals surface area contributed by atoms with Crippen molar-refractivity contribution in [1.29, 1.82) is 0 Å². The first kappa shape index (κ1) is 11.2. The van der Waals surface area contributed by atoms with Crippen molar-refractivity contribution in [2.75, 3.05) is 5.32 Å². The van der Waals surface area contributed by atoms with Crippen LogP contribution in [0.4, 0.5) is 5.69 Å². The second kappa shape index (κ2) is 4.07. The van der Waals surface area contributed by atoms with Crippen LogP contribution in [0.25, 0.3) is 11.6 Å². The van der Waals surface area contributed by atoms with Gasteiger partial charge in [-0.1, -0.05) is 0 Å². The molecule has 0 radical (unpaired) electrons. The van der Waals surface area contributed by atoms with Crippen molar-refractivity contribution in [1.82, 2.24) is 4.98 Å². The molecule has 0 aliphatic carbocycles. The van der Waals surface area contributed by atoms with Crippen LogP contribution in [0.2, 0.25) is 0 Å². The third kappa shape index (κ3) is 1.75. The van der Waals surface area contributed by atoms with Gasteiger partial charge in [-0.25, -0.2) is 0 Å². The van der Waals surface area contributed by atoms with Crippen molar-refractivity contribution < 1.29 is 4.79 Å². The lowest BCUT2D eigenvalue weighted by Crippen LogP contribution is -2.03. The van der Waals surface area contributed by atoms with Gasteiger partial charge < -0.3 is 5.32 Å². The number of carbonyl (C=O) groups is 1. The average molecular weight is 256 g/mol. The molecule has 3 heterocycles. The lowest BCUT2D eigenvalue weighted by atomic mass is 10.1. The first-order valence-electron chi connectivity index (χ1n) is 5.70. The minimum absolute atomic E-state index is 0.0765. The van der Waals surface area contributed by atoms with Crippen molar-refractivity contribution in [2.24, 2.45) is 0 Å². The molecule has 90 valence electrons. The van der Waals surface area contributed by atoms with Crippen molar-refractivity contribution in [3.8, 4) is 0 Å². The molecule has 1 aliphatic heterocycles. The van der Waals surface area contributed by atoms with Crippen LogP contribution in [-0.4, -0.2) is 10.9 Å². The van der Waals surface area contributed by atoms with Crippen molar-refractivity contribution >= 4 is 34.6 Å². The third-order valence-corrected chi connectivity index (χ3v) is 4.13. The van der Waals surface area contributed by atoms with Crippen LogP contribution >= 0.6 is 11.3 Å². The zero-order chi connectivity index (χ0) is 12.7. The topological polar surface area (TPSA) is 42.0 Å². The number of hydrogen-bond acceptors (Lipinski definition) is 3. The maximum absolute atomic E-state index is 11.9. The van der Waals surface area contributed by atoms with E-state index in [4.69, 9.17) is 0 Å². The standard InChI is InChI=1S/C14H12N2OS/c1-8-6-10(18-9(8)2)7-11-13-12(16-14(11)17)4-3-5-15-13/h3-7H,1-2H3,(H,16,17). The fraction of sp³-hybridized carbons (Fsp3) is 0.143. The summed E-state index contributed by atoms with van der Waals surface area (Å²) in [5, 5.41) is 2.82. The largest absolute Gasteiger partial charge is 0.320 e. The third-order valence-electron chi connectivity index (χ3n) is 3.03. The molecular formula is C14H12N2OS. The van der Waals surface area contributed by atoms with Crippen LogP contribution in [0.3, 0.4) is 0 Å². The Morgan fingerprint density at radius 2 is 2.22 bits per heavy atom. The Labute approximate surface area is 109 Å². The molecule has 0 fully saturated rings. The lowest BCUT2D eigenvalue weighted by molar-refractivity contribution is -0.110. The number of amides is 1. The van der Waals surface area contributed by atoms with Gasteiger partial charge in [0.25, 0.3) is 5.91 Å². The molecule has 0 unspecified atom stereocenters. The smallest absolute Gasteiger partial charge is 0.258 e. The molecule has 0 saturated heterocycles. The Morgan fingerprint density at radius 1 is 1.39 bits per heavy atom. The Bertz CT molecular complexity index is 651. The van der Waals surface area contributed by atoms with Gasteiger partial charge >= 0.3 is 0 Å². The molecule has 4 heteroatoms. The monoisotopic (exact) mass is 256 g/mol. The van der Waals surface area contributed by atoms with Crippen molar-refractivity contribution in [3.05, 3.63) is 45.4 Å². The molecule has 2 aromatic rings. The predicted molar refractivity (Wildman–Crippen MR) is 74.5 cm³/mol. The summed E-state index contributed by atoms with van der Waals surface area (Å²) in [5.41, 5.74) is 3.43. The molecule has 3 rings (SSSR count). The number of pyridine rings is 1. The van der Waals surface area contributed by atoms with Gasteiger partial charge in [0.05, 0.1) is 17.0 Å². The van der Waals surface area contributed by atoms with E-state index in [1.165, 1.54) is 10.4 Å². The quantitative estimate of drug-likeness (QED) is 0.796.